The summed E-state index contributed by atoms with van der Waals surface area (Å²) in [4.78, 5) is 10.5. The van der Waals surface area contributed by atoms with E-state index in [1.807, 2.05) is 0 Å². The molecular weight excluding hydrogens is 120 g/mol. The molecule has 0 aromatic rings. The lowest BCUT2D eigenvalue weighted by molar-refractivity contribution is -0.136. The lowest BCUT2D eigenvalue weighted by atomic mass is 10.2. The van der Waals surface area contributed by atoms with E-state index in [1.165, 1.54) is 0 Å². The van der Waals surface area contributed by atoms with Gasteiger partial charge in [-0.15, -0.1) is 6.58 Å². The van der Waals surface area contributed by atoms with Gasteiger partial charge in [-0.25, -0.2) is 0 Å². The first-order chi connectivity index (χ1) is 3.72. The van der Waals surface area contributed by atoms with E-state index in [2.05, 4.69) is 11.0 Å². The SMILES string of the molecule is C=CC(C)C(=O)O[SiH3]. The zero-order valence-electron chi connectivity index (χ0n) is 5.18. The second-order valence-electron chi connectivity index (χ2n) is 1.55. The summed E-state index contributed by atoms with van der Waals surface area (Å²) >= 11 is 0. The number of rotatable bonds is 2. The van der Waals surface area contributed by atoms with E-state index in [0.29, 0.717) is 10.5 Å². The lowest BCUT2D eigenvalue weighted by Crippen LogP contribution is -2.09. The number of hydrogen-bond donors (Lipinski definition) is 0. The molecular formula is C5H10O2Si. The average molecular weight is 130 g/mol. The minimum Gasteiger partial charge on any atom is -0.528 e. The van der Waals surface area contributed by atoms with Crippen LogP contribution in [0.3, 0.4) is 0 Å². The monoisotopic (exact) mass is 130 g/mol. The molecule has 0 aliphatic rings. The van der Waals surface area contributed by atoms with E-state index in [9.17, 15) is 4.79 Å². The van der Waals surface area contributed by atoms with Crippen molar-refractivity contribution >= 4 is 16.5 Å². The molecule has 0 aliphatic heterocycles. The Bertz CT molecular complexity index is 101. The van der Waals surface area contributed by atoms with Crippen LogP contribution in [-0.4, -0.2) is 16.5 Å². The van der Waals surface area contributed by atoms with Gasteiger partial charge < -0.3 is 4.43 Å². The molecule has 2 nitrogen and oxygen atoms in total. The van der Waals surface area contributed by atoms with Crippen LogP contribution in [0.15, 0.2) is 12.7 Å². The molecule has 0 heterocycles. The van der Waals surface area contributed by atoms with Crippen LogP contribution in [0.25, 0.3) is 0 Å². The average Bonchev–Trinajstić information content (AvgIpc) is 1.84. The van der Waals surface area contributed by atoms with Crippen molar-refractivity contribution in [2.75, 3.05) is 0 Å². The molecule has 0 aromatic carbocycles. The molecule has 8 heavy (non-hydrogen) atoms. The Hall–Kier alpha value is -0.573. The first-order valence-electron chi connectivity index (χ1n) is 2.42. The zero-order valence-corrected chi connectivity index (χ0v) is 7.18. The summed E-state index contributed by atoms with van der Waals surface area (Å²) in [5.41, 5.74) is 0. The molecule has 0 saturated carbocycles. The molecule has 0 spiro atoms. The summed E-state index contributed by atoms with van der Waals surface area (Å²) < 4.78 is 4.53. The Morgan fingerprint density at radius 3 is 2.62 bits per heavy atom. The van der Waals surface area contributed by atoms with Gasteiger partial charge in [0.15, 0.2) is 0 Å². The summed E-state index contributed by atoms with van der Waals surface area (Å²) in [5.74, 6) is -0.320. The standard InChI is InChI=1S/C5H10O2Si/c1-3-4(2)5(6)7-8/h3-4H,1H2,2,8H3. The third kappa shape index (κ3) is 1.93. The quantitative estimate of drug-likeness (QED) is 0.376. The van der Waals surface area contributed by atoms with Gasteiger partial charge in [-0.05, 0) is 6.92 Å². The van der Waals surface area contributed by atoms with Crippen molar-refractivity contribution in [3.63, 3.8) is 0 Å². The van der Waals surface area contributed by atoms with E-state index in [1.54, 1.807) is 13.0 Å². The lowest BCUT2D eigenvalue weighted by Gasteiger charge is -2.00. The Balaban J connectivity index is 3.62. The number of carbonyl (C=O) groups is 1. The second-order valence-corrected chi connectivity index (χ2v) is 1.96. The Labute approximate surface area is 52.1 Å². The maximum atomic E-state index is 10.5. The fourth-order valence-corrected chi connectivity index (χ4v) is 0.654. The zero-order chi connectivity index (χ0) is 6.57. The van der Waals surface area contributed by atoms with Gasteiger partial charge in [0.25, 0.3) is 5.97 Å². The van der Waals surface area contributed by atoms with E-state index in [4.69, 9.17) is 0 Å². The van der Waals surface area contributed by atoms with Crippen molar-refractivity contribution in [1.29, 1.82) is 0 Å². The molecule has 1 unspecified atom stereocenters. The normalized spacial score (nSPS) is 12.6. The van der Waals surface area contributed by atoms with Crippen molar-refractivity contribution in [2.24, 2.45) is 5.92 Å². The third-order valence-electron chi connectivity index (χ3n) is 0.927. The first kappa shape index (κ1) is 7.43. The van der Waals surface area contributed by atoms with Crippen LogP contribution >= 0.6 is 0 Å². The van der Waals surface area contributed by atoms with Crippen molar-refractivity contribution in [2.45, 2.75) is 6.92 Å². The summed E-state index contributed by atoms with van der Waals surface area (Å²) in [6, 6.07) is 0. The largest absolute Gasteiger partial charge is 0.528 e. The predicted octanol–water partition coefficient (Wildman–Crippen LogP) is -0.368. The molecule has 46 valence electrons. The van der Waals surface area contributed by atoms with Gasteiger partial charge in [-0.1, -0.05) is 6.08 Å². The molecule has 0 saturated heterocycles. The van der Waals surface area contributed by atoms with Gasteiger partial charge in [-0.3, -0.25) is 4.79 Å². The Morgan fingerprint density at radius 2 is 2.50 bits per heavy atom. The van der Waals surface area contributed by atoms with Gasteiger partial charge in [-0.2, -0.15) is 0 Å². The highest BCUT2D eigenvalue weighted by atomic mass is 28.2. The minimum absolute atomic E-state index is 0.146. The third-order valence-corrected chi connectivity index (χ3v) is 1.33. The fourth-order valence-electron chi connectivity index (χ4n) is 0.282. The van der Waals surface area contributed by atoms with Crippen molar-refractivity contribution in [3.05, 3.63) is 12.7 Å². The second kappa shape index (κ2) is 3.43. The highest BCUT2D eigenvalue weighted by Crippen LogP contribution is 1.95. The van der Waals surface area contributed by atoms with Gasteiger partial charge >= 0.3 is 0 Å². The van der Waals surface area contributed by atoms with E-state index in [-0.39, 0.29) is 11.9 Å². The Kier molecular flexibility index (Phi) is 3.19. The van der Waals surface area contributed by atoms with Gasteiger partial charge in [0.05, 0.1) is 5.92 Å². The van der Waals surface area contributed by atoms with E-state index in [0.717, 1.165) is 0 Å². The molecule has 0 amide bonds. The smallest absolute Gasteiger partial charge is 0.298 e. The topological polar surface area (TPSA) is 26.3 Å². The molecule has 0 N–H and O–H groups in total. The van der Waals surface area contributed by atoms with Crippen molar-refractivity contribution in [3.8, 4) is 0 Å². The maximum absolute atomic E-state index is 10.5. The molecule has 1 atom stereocenters. The molecule has 0 radical (unpaired) electrons. The number of carbonyl (C=O) groups excluding carboxylic acids is 1. The van der Waals surface area contributed by atoms with Crippen LogP contribution in [0.4, 0.5) is 0 Å². The van der Waals surface area contributed by atoms with Crippen molar-refractivity contribution < 1.29 is 9.22 Å². The molecule has 0 bridgehead atoms. The molecule has 0 fully saturated rings. The van der Waals surface area contributed by atoms with Crippen LogP contribution in [0, 0.1) is 5.92 Å². The fraction of sp³-hybridized carbons (Fsp3) is 0.400. The van der Waals surface area contributed by atoms with Crippen LogP contribution in [0.5, 0.6) is 0 Å². The van der Waals surface area contributed by atoms with Crippen molar-refractivity contribution in [1.82, 2.24) is 0 Å². The summed E-state index contributed by atoms with van der Waals surface area (Å²) in [6.45, 7) is 5.20. The van der Waals surface area contributed by atoms with Crippen LogP contribution < -0.4 is 0 Å². The molecule has 3 heteroatoms. The summed E-state index contributed by atoms with van der Waals surface area (Å²) in [6.07, 6.45) is 1.57. The first-order valence-corrected chi connectivity index (χ1v) is 3.24. The minimum atomic E-state index is -0.174. The highest BCUT2D eigenvalue weighted by molar-refractivity contribution is 6.05. The molecule has 0 aliphatic carbocycles. The summed E-state index contributed by atoms with van der Waals surface area (Å²) in [5, 5.41) is 0. The molecule has 0 rings (SSSR count). The maximum Gasteiger partial charge on any atom is 0.298 e. The number of hydrogen-bond acceptors (Lipinski definition) is 2. The summed E-state index contributed by atoms with van der Waals surface area (Å²) in [7, 11) is 0.478. The van der Waals surface area contributed by atoms with E-state index < -0.39 is 0 Å². The Morgan fingerprint density at radius 1 is 2.00 bits per heavy atom. The van der Waals surface area contributed by atoms with Gasteiger partial charge in [0.1, 0.15) is 0 Å². The predicted molar refractivity (Wildman–Crippen MR) is 35.4 cm³/mol. The van der Waals surface area contributed by atoms with Crippen LogP contribution in [0.1, 0.15) is 6.92 Å². The van der Waals surface area contributed by atoms with Crippen LogP contribution in [-0.2, 0) is 9.22 Å². The van der Waals surface area contributed by atoms with E-state index >= 15 is 0 Å². The van der Waals surface area contributed by atoms with Gasteiger partial charge in [0.2, 0.25) is 10.5 Å². The van der Waals surface area contributed by atoms with Gasteiger partial charge in [0, 0.05) is 0 Å². The highest BCUT2D eigenvalue weighted by Gasteiger charge is 2.05. The molecule has 0 aromatic heterocycles. The van der Waals surface area contributed by atoms with Crippen LogP contribution in [0.2, 0.25) is 0 Å².